The van der Waals surface area contributed by atoms with E-state index in [0.29, 0.717) is 0 Å². The average molecular weight is 460 g/mol. The lowest BCUT2D eigenvalue weighted by Gasteiger charge is -2.18. The number of benzene rings is 2. The highest BCUT2D eigenvalue weighted by Gasteiger charge is 2.13. The molecule has 0 aliphatic carbocycles. The molecule has 1 atom stereocenters. The van der Waals surface area contributed by atoms with Gasteiger partial charge in [-0.1, -0.05) is 25.1 Å². The summed E-state index contributed by atoms with van der Waals surface area (Å²) in [6.07, 6.45) is 1.01. The second kappa shape index (κ2) is 8.15. The molecule has 0 amide bonds. The van der Waals surface area contributed by atoms with Crippen molar-refractivity contribution in [3.05, 3.63) is 61.6 Å². The van der Waals surface area contributed by atoms with Crippen LogP contribution >= 0.6 is 38.5 Å². The SMILES string of the molecule is CCCOc1ccc(C(NC)c2ccc(I)cc2)cc1Br. The first-order valence-electron chi connectivity index (χ1n) is 7.00. The van der Waals surface area contributed by atoms with Crippen molar-refractivity contribution in [1.29, 1.82) is 0 Å². The first-order chi connectivity index (χ1) is 10.2. The molecule has 0 bridgehead atoms. The molecule has 0 saturated carbocycles. The largest absolute Gasteiger partial charge is 0.492 e. The van der Waals surface area contributed by atoms with Crippen LogP contribution in [0.4, 0.5) is 0 Å². The zero-order valence-corrected chi connectivity index (χ0v) is 15.9. The van der Waals surface area contributed by atoms with Gasteiger partial charge >= 0.3 is 0 Å². The monoisotopic (exact) mass is 459 g/mol. The molecule has 2 aromatic carbocycles. The van der Waals surface area contributed by atoms with Crippen LogP contribution in [0.3, 0.4) is 0 Å². The van der Waals surface area contributed by atoms with Crippen LogP contribution in [0.5, 0.6) is 5.75 Å². The molecule has 0 heterocycles. The smallest absolute Gasteiger partial charge is 0.133 e. The molecular weight excluding hydrogens is 441 g/mol. The summed E-state index contributed by atoms with van der Waals surface area (Å²) in [7, 11) is 1.98. The fourth-order valence-corrected chi connectivity index (χ4v) is 3.08. The Bertz CT molecular complexity index is 586. The van der Waals surface area contributed by atoms with E-state index < -0.39 is 0 Å². The molecule has 1 unspecified atom stereocenters. The van der Waals surface area contributed by atoms with Crippen LogP contribution in [0.25, 0.3) is 0 Å². The average Bonchev–Trinajstić information content (AvgIpc) is 2.49. The lowest BCUT2D eigenvalue weighted by Crippen LogP contribution is -2.17. The molecule has 112 valence electrons. The van der Waals surface area contributed by atoms with E-state index in [0.717, 1.165) is 23.2 Å². The normalized spacial score (nSPS) is 12.2. The van der Waals surface area contributed by atoms with Crippen LogP contribution in [-0.2, 0) is 0 Å². The van der Waals surface area contributed by atoms with Crippen molar-refractivity contribution in [2.45, 2.75) is 19.4 Å². The summed E-state index contributed by atoms with van der Waals surface area (Å²) in [5.74, 6) is 0.901. The molecule has 0 fully saturated rings. The summed E-state index contributed by atoms with van der Waals surface area (Å²) in [5, 5.41) is 3.38. The third-order valence-corrected chi connectivity index (χ3v) is 4.58. The summed E-state index contributed by atoms with van der Waals surface area (Å²) in [6.45, 7) is 2.85. The van der Waals surface area contributed by atoms with Crippen molar-refractivity contribution in [3.63, 3.8) is 0 Å². The van der Waals surface area contributed by atoms with Gasteiger partial charge in [0.15, 0.2) is 0 Å². The van der Waals surface area contributed by atoms with E-state index in [1.54, 1.807) is 0 Å². The Kier molecular flexibility index (Phi) is 6.51. The Morgan fingerprint density at radius 2 is 1.81 bits per heavy atom. The van der Waals surface area contributed by atoms with Crippen LogP contribution in [0.1, 0.15) is 30.5 Å². The molecule has 0 spiro atoms. The Balaban J connectivity index is 2.26. The van der Waals surface area contributed by atoms with Crippen molar-refractivity contribution in [2.24, 2.45) is 0 Å². The molecule has 0 aliphatic heterocycles. The summed E-state index contributed by atoms with van der Waals surface area (Å²) in [4.78, 5) is 0. The maximum Gasteiger partial charge on any atom is 0.133 e. The molecule has 1 N–H and O–H groups in total. The van der Waals surface area contributed by atoms with Gasteiger partial charge in [-0.2, -0.15) is 0 Å². The number of ether oxygens (including phenoxy) is 1. The Morgan fingerprint density at radius 3 is 2.38 bits per heavy atom. The van der Waals surface area contributed by atoms with Crippen LogP contribution in [0.2, 0.25) is 0 Å². The van der Waals surface area contributed by atoms with Gasteiger partial charge in [0.05, 0.1) is 17.1 Å². The van der Waals surface area contributed by atoms with E-state index in [2.05, 4.69) is 87.2 Å². The van der Waals surface area contributed by atoms with Gasteiger partial charge in [-0.05, 0) is 87.4 Å². The first kappa shape index (κ1) is 16.8. The van der Waals surface area contributed by atoms with Gasteiger partial charge in [0.1, 0.15) is 5.75 Å². The van der Waals surface area contributed by atoms with E-state index in [1.807, 2.05) is 13.1 Å². The first-order valence-corrected chi connectivity index (χ1v) is 8.88. The fourth-order valence-electron chi connectivity index (χ4n) is 2.21. The number of hydrogen-bond acceptors (Lipinski definition) is 2. The van der Waals surface area contributed by atoms with E-state index in [-0.39, 0.29) is 6.04 Å². The van der Waals surface area contributed by atoms with Gasteiger partial charge < -0.3 is 10.1 Å². The zero-order chi connectivity index (χ0) is 15.2. The van der Waals surface area contributed by atoms with Crippen molar-refractivity contribution >= 4 is 38.5 Å². The highest BCUT2D eigenvalue weighted by molar-refractivity contribution is 14.1. The maximum atomic E-state index is 5.71. The summed E-state index contributed by atoms with van der Waals surface area (Å²) in [6, 6.07) is 15.1. The molecular formula is C17H19BrINO. The van der Waals surface area contributed by atoms with Gasteiger partial charge in [-0.25, -0.2) is 0 Å². The predicted molar refractivity (Wildman–Crippen MR) is 100.0 cm³/mol. The van der Waals surface area contributed by atoms with Gasteiger partial charge in [-0.15, -0.1) is 0 Å². The van der Waals surface area contributed by atoms with Gasteiger partial charge in [0.2, 0.25) is 0 Å². The topological polar surface area (TPSA) is 21.3 Å². The third kappa shape index (κ3) is 4.44. The van der Waals surface area contributed by atoms with Crippen molar-refractivity contribution in [3.8, 4) is 5.75 Å². The lowest BCUT2D eigenvalue weighted by molar-refractivity contribution is 0.315. The molecule has 0 saturated heterocycles. The second-order valence-corrected chi connectivity index (χ2v) is 6.91. The minimum atomic E-state index is 0.179. The van der Waals surface area contributed by atoms with Gasteiger partial charge in [0, 0.05) is 3.57 Å². The molecule has 2 nitrogen and oxygen atoms in total. The van der Waals surface area contributed by atoms with Crippen molar-refractivity contribution < 1.29 is 4.74 Å². The van der Waals surface area contributed by atoms with E-state index in [1.165, 1.54) is 14.7 Å². The molecule has 0 aliphatic rings. The predicted octanol–water partition coefficient (Wildman–Crippen LogP) is 5.15. The Hall–Kier alpha value is -0.590. The third-order valence-electron chi connectivity index (χ3n) is 3.24. The van der Waals surface area contributed by atoms with Crippen molar-refractivity contribution in [1.82, 2.24) is 5.32 Å². The standard InChI is InChI=1S/C17H19BrINO/c1-3-10-21-16-9-6-13(11-15(16)18)17(20-2)12-4-7-14(19)8-5-12/h4-9,11,17,20H,3,10H2,1-2H3. The van der Waals surface area contributed by atoms with Crippen molar-refractivity contribution in [2.75, 3.05) is 13.7 Å². The van der Waals surface area contributed by atoms with Gasteiger partial charge in [-0.3, -0.25) is 0 Å². The quantitative estimate of drug-likeness (QED) is 0.603. The molecule has 0 aromatic heterocycles. The Morgan fingerprint density at radius 1 is 1.14 bits per heavy atom. The fraction of sp³-hybridized carbons (Fsp3) is 0.294. The van der Waals surface area contributed by atoms with Crippen LogP contribution in [0, 0.1) is 3.57 Å². The maximum absolute atomic E-state index is 5.71. The summed E-state index contributed by atoms with van der Waals surface area (Å²) < 4.78 is 7.95. The number of rotatable bonds is 6. The number of hydrogen-bond donors (Lipinski definition) is 1. The summed E-state index contributed by atoms with van der Waals surface area (Å²) in [5.41, 5.74) is 2.47. The van der Waals surface area contributed by atoms with Gasteiger partial charge in [0.25, 0.3) is 0 Å². The van der Waals surface area contributed by atoms with Crippen LogP contribution in [0.15, 0.2) is 46.9 Å². The van der Waals surface area contributed by atoms with E-state index in [4.69, 9.17) is 4.74 Å². The summed E-state index contributed by atoms with van der Waals surface area (Å²) >= 11 is 5.93. The molecule has 2 rings (SSSR count). The molecule has 2 aromatic rings. The van der Waals surface area contributed by atoms with Crippen LogP contribution < -0.4 is 10.1 Å². The van der Waals surface area contributed by atoms with E-state index >= 15 is 0 Å². The zero-order valence-electron chi connectivity index (χ0n) is 12.2. The molecule has 0 radical (unpaired) electrons. The lowest BCUT2D eigenvalue weighted by atomic mass is 9.99. The molecule has 21 heavy (non-hydrogen) atoms. The van der Waals surface area contributed by atoms with Crippen LogP contribution in [-0.4, -0.2) is 13.7 Å². The minimum absolute atomic E-state index is 0.179. The highest BCUT2D eigenvalue weighted by Crippen LogP contribution is 2.31. The minimum Gasteiger partial charge on any atom is -0.492 e. The Labute approximate surface area is 148 Å². The molecule has 4 heteroatoms. The second-order valence-electron chi connectivity index (χ2n) is 4.81. The number of halogens is 2. The number of nitrogens with one attached hydrogen (secondary N) is 1. The highest BCUT2D eigenvalue weighted by atomic mass is 127. The van der Waals surface area contributed by atoms with E-state index in [9.17, 15) is 0 Å².